The van der Waals surface area contributed by atoms with Gasteiger partial charge in [0.2, 0.25) is 0 Å². The van der Waals surface area contributed by atoms with E-state index in [0.717, 1.165) is 6.42 Å². The van der Waals surface area contributed by atoms with Crippen LogP contribution in [0.3, 0.4) is 0 Å². The summed E-state index contributed by atoms with van der Waals surface area (Å²) in [7, 11) is 0. The molecule has 0 unspecified atom stereocenters. The highest BCUT2D eigenvalue weighted by Crippen LogP contribution is 1.98. The number of nitrogens with zero attached hydrogens (tertiary/aromatic N) is 2. The maximum atomic E-state index is 11.6. The van der Waals surface area contributed by atoms with E-state index in [9.17, 15) is 4.79 Å². The summed E-state index contributed by atoms with van der Waals surface area (Å²) >= 11 is 0. The molecule has 0 aliphatic rings. The lowest BCUT2D eigenvalue weighted by Gasteiger charge is -2.04. The first-order valence-corrected chi connectivity index (χ1v) is 5.44. The molecule has 0 saturated heterocycles. The van der Waals surface area contributed by atoms with Crippen molar-refractivity contribution in [2.45, 2.75) is 6.42 Å². The Morgan fingerprint density at radius 3 is 2.71 bits per heavy atom. The highest BCUT2D eigenvalue weighted by molar-refractivity contribution is 5.91. The van der Waals surface area contributed by atoms with Gasteiger partial charge in [-0.05, 0) is 18.1 Å². The van der Waals surface area contributed by atoms with Crippen molar-refractivity contribution < 1.29 is 4.79 Å². The summed E-state index contributed by atoms with van der Waals surface area (Å²) < 4.78 is 0. The van der Waals surface area contributed by atoms with E-state index >= 15 is 0 Å². The number of benzene rings is 1. The number of carbonyl (C=O) groups excluding carboxylic acids is 1. The first-order valence-electron chi connectivity index (χ1n) is 5.44. The number of amides is 1. The van der Waals surface area contributed by atoms with Gasteiger partial charge in [-0.3, -0.25) is 4.79 Å². The zero-order valence-corrected chi connectivity index (χ0v) is 9.34. The molecule has 4 heteroatoms. The molecule has 1 amide bonds. The van der Waals surface area contributed by atoms with Crippen LogP contribution in [0.5, 0.6) is 0 Å². The first-order chi connectivity index (χ1) is 8.36. The van der Waals surface area contributed by atoms with Gasteiger partial charge in [-0.1, -0.05) is 30.3 Å². The van der Waals surface area contributed by atoms with Crippen LogP contribution in [0.2, 0.25) is 0 Å². The average molecular weight is 227 g/mol. The van der Waals surface area contributed by atoms with E-state index in [1.807, 2.05) is 30.3 Å². The molecule has 2 aromatic rings. The van der Waals surface area contributed by atoms with Gasteiger partial charge in [-0.15, -0.1) is 0 Å². The Morgan fingerprint density at radius 2 is 2.00 bits per heavy atom. The fourth-order valence-corrected chi connectivity index (χ4v) is 1.48. The lowest BCUT2D eigenvalue weighted by Crippen LogP contribution is -2.26. The second kappa shape index (κ2) is 5.75. The Labute approximate surface area is 99.7 Å². The van der Waals surface area contributed by atoms with Crippen LogP contribution in [-0.4, -0.2) is 22.4 Å². The molecule has 0 spiro atoms. The van der Waals surface area contributed by atoms with Gasteiger partial charge in [-0.25, -0.2) is 9.97 Å². The molecule has 0 aliphatic carbocycles. The molecule has 0 fully saturated rings. The van der Waals surface area contributed by atoms with E-state index in [-0.39, 0.29) is 5.91 Å². The van der Waals surface area contributed by atoms with Crippen LogP contribution in [0.4, 0.5) is 0 Å². The largest absolute Gasteiger partial charge is 0.350 e. The third-order valence-corrected chi connectivity index (χ3v) is 2.36. The molecule has 0 saturated carbocycles. The van der Waals surface area contributed by atoms with Gasteiger partial charge in [0.1, 0.15) is 12.0 Å². The summed E-state index contributed by atoms with van der Waals surface area (Å²) in [6.45, 7) is 0.604. The van der Waals surface area contributed by atoms with Crippen molar-refractivity contribution in [3.8, 4) is 0 Å². The van der Waals surface area contributed by atoms with Crippen LogP contribution >= 0.6 is 0 Å². The zero-order chi connectivity index (χ0) is 11.9. The number of rotatable bonds is 4. The fourth-order valence-electron chi connectivity index (χ4n) is 1.48. The quantitative estimate of drug-likeness (QED) is 0.860. The molecular weight excluding hydrogens is 214 g/mol. The minimum Gasteiger partial charge on any atom is -0.350 e. The van der Waals surface area contributed by atoms with Crippen LogP contribution in [0.25, 0.3) is 0 Å². The minimum atomic E-state index is -0.164. The molecule has 1 aromatic carbocycles. The van der Waals surface area contributed by atoms with Crippen LogP contribution in [-0.2, 0) is 6.42 Å². The van der Waals surface area contributed by atoms with Gasteiger partial charge in [0, 0.05) is 12.7 Å². The normalized spacial score (nSPS) is 9.88. The van der Waals surface area contributed by atoms with E-state index in [2.05, 4.69) is 15.3 Å². The summed E-state index contributed by atoms with van der Waals surface area (Å²) in [6.07, 6.45) is 3.74. The Kier molecular flexibility index (Phi) is 3.81. The number of hydrogen-bond acceptors (Lipinski definition) is 3. The lowest BCUT2D eigenvalue weighted by molar-refractivity contribution is 0.0949. The molecule has 86 valence electrons. The Morgan fingerprint density at radius 1 is 1.18 bits per heavy atom. The van der Waals surface area contributed by atoms with Crippen LogP contribution in [0.15, 0.2) is 48.9 Å². The number of hydrogen-bond donors (Lipinski definition) is 1. The van der Waals surface area contributed by atoms with Crippen molar-refractivity contribution in [3.63, 3.8) is 0 Å². The van der Waals surface area contributed by atoms with E-state index in [1.165, 1.54) is 11.9 Å². The lowest BCUT2D eigenvalue weighted by atomic mass is 10.1. The highest BCUT2D eigenvalue weighted by atomic mass is 16.1. The van der Waals surface area contributed by atoms with E-state index < -0.39 is 0 Å². The van der Waals surface area contributed by atoms with Crippen molar-refractivity contribution in [3.05, 3.63) is 60.2 Å². The van der Waals surface area contributed by atoms with Crippen LogP contribution in [0.1, 0.15) is 16.1 Å². The van der Waals surface area contributed by atoms with Crippen molar-refractivity contribution in [1.82, 2.24) is 15.3 Å². The van der Waals surface area contributed by atoms with Crippen molar-refractivity contribution in [2.24, 2.45) is 0 Å². The highest BCUT2D eigenvalue weighted by Gasteiger charge is 2.04. The minimum absolute atomic E-state index is 0.164. The van der Waals surface area contributed by atoms with E-state index in [0.29, 0.717) is 12.2 Å². The van der Waals surface area contributed by atoms with Crippen molar-refractivity contribution in [1.29, 1.82) is 0 Å². The molecule has 0 atom stereocenters. The molecule has 1 N–H and O–H groups in total. The smallest absolute Gasteiger partial charge is 0.270 e. The molecule has 1 aromatic heterocycles. The summed E-state index contributed by atoms with van der Waals surface area (Å²) in [5, 5.41) is 2.82. The van der Waals surface area contributed by atoms with Crippen LogP contribution in [0, 0.1) is 0 Å². The zero-order valence-electron chi connectivity index (χ0n) is 9.34. The average Bonchev–Trinajstić information content (AvgIpc) is 2.41. The van der Waals surface area contributed by atoms with Crippen molar-refractivity contribution >= 4 is 5.91 Å². The molecule has 4 nitrogen and oxygen atoms in total. The van der Waals surface area contributed by atoms with Crippen molar-refractivity contribution in [2.75, 3.05) is 6.54 Å². The molecule has 0 radical (unpaired) electrons. The van der Waals surface area contributed by atoms with E-state index in [1.54, 1.807) is 12.3 Å². The molecule has 0 bridgehead atoms. The number of nitrogens with one attached hydrogen (secondary N) is 1. The molecule has 0 aliphatic heterocycles. The van der Waals surface area contributed by atoms with Gasteiger partial charge < -0.3 is 5.32 Å². The first kappa shape index (κ1) is 11.3. The maximum Gasteiger partial charge on any atom is 0.270 e. The van der Waals surface area contributed by atoms with Gasteiger partial charge >= 0.3 is 0 Å². The number of carbonyl (C=O) groups is 1. The number of aromatic nitrogens is 2. The molecule has 1 heterocycles. The van der Waals surface area contributed by atoms with Gasteiger partial charge in [0.05, 0.1) is 0 Å². The summed E-state index contributed by atoms with van der Waals surface area (Å²) in [5.74, 6) is -0.164. The van der Waals surface area contributed by atoms with Gasteiger partial charge in [-0.2, -0.15) is 0 Å². The second-order valence-electron chi connectivity index (χ2n) is 3.59. The third kappa shape index (κ3) is 3.38. The standard InChI is InChI=1S/C13H13N3O/c17-13(12-7-8-14-10-16-12)15-9-6-11-4-2-1-3-5-11/h1-5,7-8,10H,6,9H2,(H,15,17). The molecular formula is C13H13N3O. The molecule has 2 rings (SSSR count). The Balaban J connectivity index is 1.82. The summed E-state index contributed by atoms with van der Waals surface area (Å²) in [4.78, 5) is 19.3. The second-order valence-corrected chi connectivity index (χ2v) is 3.59. The maximum absolute atomic E-state index is 11.6. The van der Waals surface area contributed by atoms with E-state index in [4.69, 9.17) is 0 Å². The third-order valence-electron chi connectivity index (χ3n) is 2.36. The Hall–Kier alpha value is -2.23. The van der Waals surface area contributed by atoms with Gasteiger partial charge in [0.25, 0.3) is 5.91 Å². The Bertz CT molecular complexity index is 471. The topological polar surface area (TPSA) is 54.9 Å². The fraction of sp³-hybridized carbons (Fsp3) is 0.154. The predicted molar refractivity (Wildman–Crippen MR) is 64.5 cm³/mol. The van der Waals surface area contributed by atoms with Gasteiger partial charge in [0.15, 0.2) is 0 Å². The molecule has 17 heavy (non-hydrogen) atoms. The van der Waals surface area contributed by atoms with Crippen LogP contribution < -0.4 is 5.32 Å². The summed E-state index contributed by atoms with van der Waals surface area (Å²) in [6, 6.07) is 11.6. The summed E-state index contributed by atoms with van der Waals surface area (Å²) in [5.41, 5.74) is 1.60. The SMILES string of the molecule is O=C(NCCc1ccccc1)c1ccncn1. The monoisotopic (exact) mass is 227 g/mol. The predicted octanol–water partition coefficient (Wildman–Crippen LogP) is 1.45.